The van der Waals surface area contributed by atoms with Crippen molar-refractivity contribution in [1.82, 2.24) is 14.7 Å². The van der Waals surface area contributed by atoms with E-state index >= 15 is 0 Å². The van der Waals surface area contributed by atoms with Crippen molar-refractivity contribution in [3.05, 3.63) is 40.3 Å². The van der Waals surface area contributed by atoms with Crippen LogP contribution in [0.1, 0.15) is 44.2 Å². The third-order valence-electron chi connectivity index (χ3n) is 5.90. The SMILES string of the molecule is Cc1nn(CC(=O)N2CCC[C@@H]3CCCC[C@H]32)c(=O)c2ccccc12. The van der Waals surface area contributed by atoms with Crippen molar-refractivity contribution in [2.24, 2.45) is 5.92 Å². The summed E-state index contributed by atoms with van der Waals surface area (Å²) < 4.78 is 1.35. The second-order valence-electron chi connectivity index (χ2n) is 7.44. The molecule has 0 spiro atoms. The smallest absolute Gasteiger partial charge is 0.275 e. The lowest BCUT2D eigenvalue weighted by Gasteiger charge is -2.44. The minimum atomic E-state index is -0.174. The largest absolute Gasteiger partial charge is 0.338 e. The molecule has 1 amide bonds. The summed E-state index contributed by atoms with van der Waals surface area (Å²) in [5, 5.41) is 5.89. The van der Waals surface area contributed by atoms with Gasteiger partial charge >= 0.3 is 0 Å². The van der Waals surface area contributed by atoms with Gasteiger partial charge in [-0.3, -0.25) is 9.59 Å². The summed E-state index contributed by atoms with van der Waals surface area (Å²) in [6, 6.07) is 7.84. The Bertz CT molecular complexity index is 856. The maximum Gasteiger partial charge on any atom is 0.275 e. The standard InChI is InChI=1S/C20H25N3O2/c1-14-16-9-3-4-10-17(16)20(25)23(21-14)13-19(24)22-12-6-8-15-7-2-5-11-18(15)22/h3-4,9-10,15,18H,2,5-8,11-13H2,1H3/t15-,18+/m0/s1. The first-order chi connectivity index (χ1) is 12.1. The molecule has 5 nitrogen and oxygen atoms in total. The van der Waals surface area contributed by atoms with Crippen molar-refractivity contribution in [3.63, 3.8) is 0 Å². The summed E-state index contributed by atoms with van der Waals surface area (Å²) in [5.41, 5.74) is 0.615. The van der Waals surface area contributed by atoms with Gasteiger partial charge in [-0.15, -0.1) is 0 Å². The lowest BCUT2D eigenvalue weighted by Crippen LogP contribution is -2.51. The van der Waals surface area contributed by atoms with Crippen molar-refractivity contribution in [3.8, 4) is 0 Å². The molecule has 1 aromatic carbocycles. The van der Waals surface area contributed by atoms with Crippen LogP contribution in [0.5, 0.6) is 0 Å². The highest BCUT2D eigenvalue weighted by Gasteiger charge is 2.35. The molecule has 2 aliphatic rings. The van der Waals surface area contributed by atoms with Crippen LogP contribution in [-0.2, 0) is 11.3 Å². The van der Waals surface area contributed by atoms with Crippen LogP contribution in [0.15, 0.2) is 29.1 Å². The van der Waals surface area contributed by atoms with Crippen LogP contribution in [0.3, 0.4) is 0 Å². The zero-order chi connectivity index (χ0) is 17.4. The average Bonchev–Trinajstić information content (AvgIpc) is 2.65. The summed E-state index contributed by atoms with van der Waals surface area (Å²) in [4.78, 5) is 27.7. The number of hydrogen-bond acceptors (Lipinski definition) is 3. The normalized spacial score (nSPS) is 23.5. The van der Waals surface area contributed by atoms with E-state index in [4.69, 9.17) is 0 Å². The van der Waals surface area contributed by atoms with Crippen LogP contribution in [0, 0.1) is 12.8 Å². The molecule has 0 bridgehead atoms. The van der Waals surface area contributed by atoms with Gasteiger partial charge in [-0.25, -0.2) is 4.68 Å². The molecule has 1 aliphatic heterocycles. The number of fused-ring (bicyclic) bond motifs is 2. The number of benzene rings is 1. The van der Waals surface area contributed by atoms with Crippen molar-refractivity contribution < 1.29 is 4.79 Å². The Morgan fingerprint density at radius 2 is 1.84 bits per heavy atom. The van der Waals surface area contributed by atoms with E-state index in [1.807, 2.05) is 36.1 Å². The van der Waals surface area contributed by atoms with E-state index in [9.17, 15) is 9.59 Å². The summed E-state index contributed by atoms with van der Waals surface area (Å²) in [5.74, 6) is 0.690. The lowest BCUT2D eigenvalue weighted by atomic mass is 9.78. The van der Waals surface area contributed by atoms with Crippen LogP contribution in [0.2, 0.25) is 0 Å². The highest BCUT2D eigenvalue weighted by Crippen LogP contribution is 2.35. The fraction of sp³-hybridized carbons (Fsp3) is 0.550. The number of likely N-dealkylation sites (tertiary alicyclic amines) is 1. The molecule has 2 aromatic rings. The van der Waals surface area contributed by atoms with E-state index in [1.54, 1.807) is 0 Å². The molecule has 25 heavy (non-hydrogen) atoms. The number of aromatic nitrogens is 2. The van der Waals surface area contributed by atoms with Crippen LogP contribution in [-0.4, -0.2) is 33.2 Å². The number of nitrogens with zero attached hydrogens (tertiary/aromatic N) is 3. The molecule has 0 unspecified atom stereocenters. The van der Waals surface area contributed by atoms with Crippen LogP contribution in [0.25, 0.3) is 10.8 Å². The molecule has 1 aliphatic carbocycles. The predicted octanol–water partition coefficient (Wildman–Crippen LogP) is 2.89. The first-order valence-corrected chi connectivity index (χ1v) is 9.41. The Labute approximate surface area is 147 Å². The molecule has 132 valence electrons. The van der Waals surface area contributed by atoms with Gasteiger partial charge in [0.2, 0.25) is 5.91 Å². The first kappa shape index (κ1) is 16.3. The third-order valence-corrected chi connectivity index (χ3v) is 5.90. The number of carbonyl (C=O) groups is 1. The van der Waals surface area contributed by atoms with Gasteiger partial charge in [0.05, 0.1) is 11.1 Å². The minimum Gasteiger partial charge on any atom is -0.338 e. The van der Waals surface area contributed by atoms with Crippen LogP contribution in [0.4, 0.5) is 0 Å². The Morgan fingerprint density at radius 1 is 1.12 bits per heavy atom. The molecule has 4 rings (SSSR count). The first-order valence-electron chi connectivity index (χ1n) is 9.41. The molecule has 1 aromatic heterocycles. The Balaban J connectivity index is 1.61. The van der Waals surface area contributed by atoms with Crippen LogP contribution >= 0.6 is 0 Å². The molecule has 0 N–H and O–H groups in total. The fourth-order valence-electron chi connectivity index (χ4n) is 4.67. The molecular weight excluding hydrogens is 314 g/mol. The highest BCUT2D eigenvalue weighted by atomic mass is 16.2. The van der Waals surface area contributed by atoms with Gasteiger partial charge in [0.25, 0.3) is 5.56 Å². The van der Waals surface area contributed by atoms with E-state index < -0.39 is 0 Å². The molecule has 1 saturated carbocycles. The third kappa shape index (κ3) is 2.96. The topological polar surface area (TPSA) is 55.2 Å². The quantitative estimate of drug-likeness (QED) is 0.845. The number of amides is 1. The van der Waals surface area contributed by atoms with Crippen molar-refractivity contribution in [2.75, 3.05) is 6.54 Å². The second kappa shape index (κ2) is 6.62. The number of piperidine rings is 1. The van der Waals surface area contributed by atoms with Gasteiger partial charge in [0, 0.05) is 18.0 Å². The molecule has 0 radical (unpaired) electrons. The Kier molecular flexibility index (Phi) is 4.32. The summed E-state index contributed by atoms with van der Waals surface area (Å²) >= 11 is 0. The average molecular weight is 339 g/mol. The second-order valence-corrected chi connectivity index (χ2v) is 7.44. The van der Waals surface area contributed by atoms with Gasteiger partial charge < -0.3 is 4.90 Å². The maximum atomic E-state index is 12.9. The Hall–Kier alpha value is -2.17. The minimum absolute atomic E-state index is 0.0425. The predicted molar refractivity (Wildman–Crippen MR) is 97.4 cm³/mol. The monoisotopic (exact) mass is 339 g/mol. The van der Waals surface area contributed by atoms with Gasteiger partial charge in [-0.2, -0.15) is 5.10 Å². The fourth-order valence-corrected chi connectivity index (χ4v) is 4.67. The van der Waals surface area contributed by atoms with Gasteiger partial charge in [0.15, 0.2) is 0 Å². The zero-order valence-corrected chi connectivity index (χ0v) is 14.8. The number of aryl methyl sites for hydroxylation is 1. The van der Waals surface area contributed by atoms with Crippen molar-refractivity contribution in [1.29, 1.82) is 0 Å². The van der Waals surface area contributed by atoms with Crippen molar-refractivity contribution in [2.45, 2.75) is 58.0 Å². The number of carbonyl (C=O) groups excluding carboxylic acids is 1. The summed E-state index contributed by atoms with van der Waals surface area (Å²) in [6.07, 6.45) is 7.15. The van der Waals surface area contributed by atoms with Crippen molar-refractivity contribution >= 4 is 16.7 Å². The zero-order valence-electron chi connectivity index (χ0n) is 14.8. The van der Waals surface area contributed by atoms with Gasteiger partial charge in [0.1, 0.15) is 6.54 Å². The van der Waals surface area contributed by atoms with Gasteiger partial charge in [-0.1, -0.05) is 31.0 Å². The van der Waals surface area contributed by atoms with Gasteiger partial charge in [-0.05, 0) is 44.6 Å². The number of rotatable bonds is 2. The van der Waals surface area contributed by atoms with E-state index in [-0.39, 0.29) is 18.0 Å². The van der Waals surface area contributed by atoms with E-state index in [2.05, 4.69) is 5.10 Å². The highest BCUT2D eigenvalue weighted by molar-refractivity contribution is 5.83. The molecule has 1 saturated heterocycles. The molecule has 2 atom stereocenters. The molecular formula is C20H25N3O2. The molecule has 2 fully saturated rings. The Morgan fingerprint density at radius 3 is 2.68 bits per heavy atom. The van der Waals surface area contributed by atoms with Crippen LogP contribution < -0.4 is 5.56 Å². The maximum absolute atomic E-state index is 12.9. The lowest BCUT2D eigenvalue weighted by molar-refractivity contribution is -0.138. The van der Waals surface area contributed by atoms with E-state index in [0.717, 1.165) is 30.5 Å². The number of hydrogen-bond donors (Lipinski definition) is 0. The molecule has 2 heterocycles. The van der Waals surface area contributed by atoms with E-state index in [0.29, 0.717) is 17.3 Å². The van der Waals surface area contributed by atoms with E-state index in [1.165, 1.54) is 30.4 Å². The molecule has 5 heteroatoms. The summed E-state index contributed by atoms with van der Waals surface area (Å²) in [7, 11) is 0. The summed E-state index contributed by atoms with van der Waals surface area (Å²) in [6.45, 7) is 2.76.